The van der Waals surface area contributed by atoms with Crippen molar-refractivity contribution >= 4 is 5.91 Å². The first kappa shape index (κ1) is 21.1. The van der Waals surface area contributed by atoms with E-state index in [4.69, 9.17) is 9.47 Å². The van der Waals surface area contributed by atoms with Crippen LogP contribution in [0.2, 0.25) is 0 Å². The first-order valence-electron chi connectivity index (χ1n) is 10.8. The highest BCUT2D eigenvalue weighted by molar-refractivity contribution is 5.77. The molecule has 1 fully saturated rings. The summed E-state index contributed by atoms with van der Waals surface area (Å²) < 4.78 is 11.7. The molecule has 4 nitrogen and oxygen atoms in total. The average Bonchev–Trinajstić information content (AvgIpc) is 2.82. The van der Waals surface area contributed by atoms with E-state index in [2.05, 4.69) is 24.3 Å². The minimum atomic E-state index is -0.00513. The van der Waals surface area contributed by atoms with Crippen LogP contribution in [0.5, 0.6) is 5.75 Å². The Morgan fingerprint density at radius 1 is 0.839 bits per heavy atom. The Balaban J connectivity index is 1.55. The summed E-state index contributed by atoms with van der Waals surface area (Å²) >= 11 is 0. The second-order valence-corrected chi connectivity index (χ2v) is 8.00. The van der Waals surface area contributed by atoms with Crippen LogP contribution in [0.15, 0.2) is 84.9 Å². The Bertz CT molecular complexity index is 957. The van der Waals surface area contributed by atoms with Crippen molar-refractivity contribution in [1.29, 1.82) is 0 Å². The summed E-state index contributed by atoms with van der Waals surface area (Å²) in [4.78, 5) is 15.0. The average molecular weight is 416 g/mol. The molecule has 1 saturated heterocycles. The van der Waals surface area contributed by atoms with Crippen LogP contribution in [0, 0.1) is 0 Å². The molecule has 0 N–H and O–H groups in total. The Labute approximate surface area is 184 Å². The molecule has 0 unspecified atom stereocenters. The summed E-state index contributed by atoms with van der Waals surface area (Å²) in [6.07, 6.45) is 2.04. The third kappa shape index (κ3) is 5.53. The van der Waals surface area contributed by atoms with Crippen LogP contribution < -0.4 is 4.74 Å². The molecule has 160 valence electrons. The molecule has 0 aromatic heterocycles. The van der Waals surface area contributed by atoms with Crippen LogP contribution >= 0.6 is 0 Å². The highest BCUT2D eigenvalue weighted by atomic mass is 16.5. The topological polar surface area (TPSA) is 38.8 Å². The van der Waals surface area contributed by atoms with Crippen molar-refractivity contribution in [2.24, 2.45) is 0 Å². The third-order valence-electron chi connectivity index (χ3n) is 5.90. The molecule has 1 amide bonds. The Morgan fingerprint density at radius 2 is 1.48 bits per heavy atom. The quantitative estimate of drug-likeness (QED) is 0.519. The van der Waals surface area contributed by atoms with Crippen molar-refractivity contribution < 1.29 is 14.3 Å². The van der Waals surface area contributed by atoms with Crippen LogP contribution in [0.3, 0.4) is 0 Å². The Morgan fingerprint density at radius 3 is 2.13 bits per heavy atom. The number of carbonyl (C=O) groups is 1. The van der Waals surface area contributed by atoms with Gasteiger partial charge in [-0.15, -0.1) is 0 Å². The van der Waals surface area contributed by atoms with Crippen LogP contribution in [-0.4, -0.2) is 30.1 Å². The SMILES string of the molecule is COc1ccc(CN2C(=O)CC[C@H](OCc3ccccc3)[C@@H]2Cc2ccccc2)cc1. The van der Waals surface area contributed by atoms with Gasteiger partial charge in [0.05, 0.1) is 25.9 Å². The van der Waals surface area contributed by atoms with E-state index in [1.165, 1.54) is 5.56 Å². The van der Waals surface area contributed by atoms with Gasteiger partial charge in [-0.2, -0.15) is 0 Å². The number of ether oxygens (including phenoxy) is 2. The van der Waals surface area contributed by atoms with Gasteiger partial charge in [-0.1, -0.05) is 72.8 Å². The van der Waals surface area contributed by atoms with E-state index < -0.39 is 0 Å². The number of nitrogens with zero attached hydrogens (tertiary/aromatic N) is 1. The molecule has 3 aromatic carbocycles. The lowest BCUT2D eigenvalue weighted by molar-refractivity contribution is -0.146. The second kappa shape index (κ2) is 10.3. The maximum absolute atomic E-state index is 13.0. The summed E-state index contributed by atoms with van der Waals surface area (Å²) in [6, 6.07) is 28.5. The van der Waals surface area contributed by atoms with Crippen molar-refractivity contribution in [3.8, 4) is 5.75 Å². The summed E-state index contributed by atoms with van der Waals surface area (Å²) in [7, 11) is 1.66. The maximum atomic E-state index is 13.0. The number of rotatable bonds is 8. The van der Waals surface area contributed by atoms with Gasteiger partial charge in [0.2, 0.25) is 5.91 Å². The summed E-state index contributed by atoms with van der Waals surface area (Å²) in [6.45, 7) is 1.13. The van der Waals surface area contributed by atoms with Gasteiger partial charge < -0.3 is 14.4 Å². The monoisotopic (exact) mass is 415 g/mol. The number of carbonyl (C=O) groups excluding carboxylic acids is 1. The van der Waals surface area contributed by atoms with E-state index in [-0.39, 0.29) is 18.1 Å². The molecule has 1 aliphatic heterocycles. The van der Waals surface area contributed by atoms with Crippen molar-refractivity contribution in [3.63, 3.8) is 0 Å². The smallest absolute Gasteiger partial charge is 0.223 e. The molecule has 0 radical (unpaired) electrons. The lowest BCUT2D eigenvalue weighted by atomic mass is 9.91. The third-order valence-corrected chi connectivity index (χ3v) is 5.90. The fraction of sp³-hybridized carbons (Fsp3) is 0.296. The Kier molecular flexibility index (Phi) is 7.00. The highest BCUT2D eigenvalue weighted by Crippen LogP contribution is 2.28. The van der Waals surface area contributed by atoms with Gasteiger partial charge in [-0.05, 0) is 41.7 Å². The van der Waals surface area contributed by atoms with Crippen molar-refractivity contribution in [1.82, 2.24) is 4.90 Å². The minimum absolute atomic E-state index is 0.00337. The van der Waals surface area contributed by atoms with Gasteiger partial charge in [-0.3, -0.25) is 4.79 Å². The van der Waals surface area contributed by atoms with E-state index in [1.54, 1.807) is 7.11 Å². The van der Waals surface area contributed by atoms with Gasteiger partial charge in [-0.25, -0.2) is 0 Å². The fourth-order valence-corrected chi connectivity index (χ4v) is 4.19. The molecule has 31 heavy (non-hydrogen) atoms. The van der Waals surface area contributed by atoms with Crippen LogP contribution in [0.1, 0.15) is 29.5 Å². The van der Waals surface area contributed by atoms with Gasteiger partial charge >= 0.3 is 0 Å². The predicted octanol–water partition coefficient (Wildman–Crippen LogP) is 5.01. The van der Waals surface area contributed by atoms with Crippen molar-refractivity contribution in [2.75, 3.05) is 7.11 Å². The molecule has 4 rings (SSSR count). The lowest BCUT2D eigenvalue weighted by Crippen LogP contribution is -2.52. The summed E-state index contributed by atoms with van der Waals surface area (Å²) in [5.74, 6) is 1.01. The number of piperidine rings is 1. The van der Waals surface area contributed by atoms with Crippen LogP contribution in [-0.2, 0) is 29.1 Å². The van der Waals surface area contributed by atoms with Gasteiger partial charge in [0.1, 0.15) is 5.75 Å². The fourth-order valence-electron chi connectivity index (χ4n) is 4.19. The molecule has 3 aromatic rings. The van der Waals surface area contributed by atoms with Crippen molar-refractivity contribution in [2.45, 2.75) is 44.6 Å². The van der Waals surface area contributed by atoms with E-state index in [0.29, 0.717) is 19.6 Å². The number of hydrogen-bond donors (Lipinski definition) is 0. The van der Waals surface area contributed by atoms with Gasteiger partial charge in [0, 0.05) is 13.0 Å². The van der Waals surface area contributed by atoms with Crippen LogP contribution in [0.4, 0.5) is 0 Å². The van der Waals surface area contributed by atoms with Crippen molar-refractivity contribution in [3.05, 3.63) is 102 Å². The molecule has 0 bridgehead atoms. The molecule has 0 aliphatic carbocycles. The number of methoxy groups -OCH3 is 1. The molecule has 0 spiro atoms. The van der Waals surface area contributed by atoms with Crippen LogP contribution in [0.25, 0.3) is 0 Å². The number of amides is 1. The highest BCUT2D eigenvalue weighted by Gasteiger charge is 2.36. The zero-order valence-electron chi connectivity index (χ0n) is 17.9. The maximum Gasteiger partial charge on any atom is 0.223 e. The molecule has 1 heterocycles. The first-order chi connectivity index (χ1) is 15.2. The summed E-state index contributed by atoms with van der Waals surface area (Å²) in [5.41, 5.74) is 3.46. The zero-order valence-corrected chi connectivity index (χ0v) is 17.9. The molecular formula is C27H29NO3. The van der Waals surface area contributed by atoms with E-state index in [0.717, 1.165) is 29.7 Å². The molecule has 4 heteroatoms. The number of hydrogen-bond acceptors (Lipinski definition) is 3. The minimum Gasteiger partial charge on any atom is -0.497 e. The predicted molar refractivity (Wildman–Crippen MR) is 122 cm³/mol. The molecule has 0 saturated carbocycles. The molecule has 1 aliphatic rings. The zero-order chi connectivity index (χ0) is 21.5. The first-order valence-corrected chi connectivity index (χ1v) is 10.8. The van der Waals surface area contributed by atoms with Gasteiger partial charge in [0.25, 0.3) is 0 Å². The largest absolute Gasteiger partial charge is 0.497 e. The van der Waals surface area contributed by atoms with Gasteiger partial charge in [0.15, 0.2) is 0 Å². The molecule has 2 atom stereocenters. The summed E-state index contributed by atoms with van der Waals surface area (Å²) in [5, 5.41) is 0. The Hall–Kier alpha value is -3.11. The standard InChI is InChI=1S/C27H29NO3/c1-30-24-14-12-22(13-15-24)19-28-25(18-21-8-4-2-5-9-21)26(16-17-27(28)29)31-20-23-10-6-3-7-11-23/h2-15,25-26H,16-20H2,1H3/t25-,26-/m0/s1. The number of benzene rings is 3. The second-order valence-electron chi connectivity index (χ2n) is 8.00. The van der Waals surface area contributed by atoms with E-state index >= 15 is 0 Å². The lowest BCUT2D eigenvalue weighted by Gasteiger charge is -2.41. The van der Waals surface area contributed by atoms with E-state index in [9.17, 15) is 4.79 Å². The number of likely N-dealkylation sites (tertiary alicyclic amines) is 1. The van der Waals surface area contributed by atoms with E-state index in [1.807, 2.05) is 65.6 Å². The molecular weight excluding hydrogens is 386 g/mol. The normalized spacial score (nSPS) is 18.7.